The third kappa shape index (κ3) is 3.04. The van der Waals surface area contributed by atoms with Crippen LogP contribution < -0.4 is 21.2 Å². The zero-order valence-corrected chi connectivity index (χ0v) is 10.4. The molecule has 9 heteroatoms. The van der Waals surface area contributed by atoms with Gasteiger partial charge in [0.15, 0.2) is 3.57 Å². The van der Waals surface area contributed by atoms with Gasteiger partial charge in [0.05, 0.1) is 0 Å². The first-order chi connectivity index (χ1) is 7.97. The van der Waals surface area contributed by atoms with Crippen molar-refractivity contribution in [3.8, 4) is 0 Å². The van der Waals surface area contributed by atoms with Crippen LogP contribution in [0.1, 0.15) is 0 Å². The van der Waals surface area contributed by atoms with E-state index < -0.39 is 46.6 Å². The van der Waals surface area contributed by atoms with Crippen LogP contribution >= 0.6 is 0 Å². The Balaban J connectivity index is 2.97. The molecule has 0 saturated heterocycles. The highest BCUT2D eigenvalue weighted by atomic mass is 127. The lowest BCUT2D eigenvalue weighted by Crippen LogP contribution is -3.68. The Morgan fingerprint density at radius 2 is 1.22 bits per heavy atom. The lowest BCUT2D eigenvalue weighted by molar-refractivity contribution is -0.790. The van der Waals surface area contributed by atoms with Crippen molar-refractivity contribution in [1.29, 1.82) is 0 Å². The van der Waals surface area contributed by atoms with E-state index in [0.29, 0.717) is 0 Å². The number of benzene rings is 1. The molecule has 0 saturated carbocycles. The SMILES string of the molecule is Fc1ccc([I+]C(F)(F)C(F)(F)C(F)(F)F)cc1. The Labute approximate surface area is 106 Å². The van der Waals surface area contributed by atoms with Gasteiger partial charge in [-0.3, -0.25) is 0 Å². The molecule has 0 atom stereocenters. The molecule has 102 valence electrons. The van der Waals surface area contributed by atoms with Crippen LogP contribution in [0, 0.1) is 9.39 Å². The second-order valence-corrected chi connectivity index (χ2v) is 6.24. The summed E-state index contributed by atoms with van der Waals surface area (Å²) in [6.45, 7) is 0. The molecule has 0 amide bonds. The summed E-state index contributed by atoms with van der Waals surface area (Å²) < 4.78 is 93.3. The van der Waals surface area contributed by atoms with Crippen LogP contribution in [0.4, 0.5) is 35.1 Å². The lowest BCUT2D eigenvalue weighted by atomic mass is 10.3. The van der Waals surface area contributed by atoms with Gasteiger partial charge in [-0.1, -0.05) is 0 Å². The maximum absolute atomic E-state index is 13.0. The van der Waals surface area contributed by atoms with E-state index in [9.17, 15) is 35.1 Å². The monoisotopic (exact) mass is 391 g/mol. The summed E-state index contributed by atoms with van der Waals surface area (Å²) in [6.07, 6.45) is -6.32. The Morgan fingerprint density at radius 1 is 0.778 bits per heavy atom. The van der Waals surface area contributed by atoms with Crippen molar-refractivity contribution < 1.29 is 56.3 Å². The second kappa shape index (κ2) is 4.82. The molecule has 0 spiro atoms. The Bertz CT molecular complexity index is 408. The van der Waals surface area contributed by atoms with E-state index >= 15 is 0 Å². The minimum Gasteiger partial charge on any atom is -0.207 e. The molecule has 0 aromatic heterocycles. The number of rotatable bonds is 3. The fourth-order valence-electron chi connectivity index (χ4n) is 0.850. The van der Waals surface area contributed by atoms with Crippen LogP contribution in [-0.2, 0) is 0 Å². The molecule has 0 N–H and O–H groups in total. The molecule has 0 aliphatic rings. The lowest BCUT2D eigenvalue weighted by Gasteiger charge is -2.19. The van der Waals surface area contributed by atoms with Gasteiger partial charge in [0.1, 0.15) is 5.82 Å². The molecule has 0 aliphatic carbocycles. The number of alkyl halides is 8. The zero-order valence-electron chi connectivity index (χ0n) is 8.21. The fourth-order valence-corrected chi connectivity index (χ4v) is 3.00. The van der Waals surface area contributed by atoms with Crippen molar-refractivity contribution in [1.82, 2.24) is 0 Å². The van der Waals surface area contributed by atoms with Crippen molar-refractivity contribution in [3.05, 3.63) is 33.7 Å². The van der Waals surface area contributed by atoms with E-state index in [2.05, 4.69) is 0 Å². The van der Waals surface area contributed by atoms with Gasteiger partial charge in [0.25, 0.3) is 0 Å². The molecule has 0 unspecified atom stereocenters. The summed E-state index contributed by atoms with van der Waals surface area (Å²) in [7, 11) is 0. The minimum absolute atomic E-state index is 0.413. The van der Waals surface area contributed by atoms with Gasteiger partial charge in [0.2, 0.25) is 0 Å². The highest BCUT2D eigenvalue weighted by Crippen LogP contribution is 2.42. The predicted octanol–water partition coefficient (Wildman–Crippen LogP) is 0.875. The molecule has 0 heterocycles. The van der Waals surface area contributed by atoms with Gasteiger partial charge in [-0.2, -0.15) is 22.0 Å². The summed E-state index contributed by atoms with van der Waals surface area (Å²) in [5.41, 5.74) is 0. The predicted molar refractivity (Wildman–Crippen MR) is 41.0 cm³/mol. The smallest absolute Gasteiger partial charge is 0.207 e. The maximum Gasteiger partial charge on any atom is 0.520 e. The summed E-state index contributed by atoms with van der Waals surface area (Å²) in [6, 6.07) is 2.97. The third-order valence-electron chi connectivity index (χ3n) is 1.74. The Kier molecular flexibility index (Phi) is 4.13. The standard InChI is InChI=1S/C9H4F8I/c10-5-1-3-6(4-2-5)18-9(16,17)7(11,12)8(13,14)15/h1-4H/q+1. The van der Waals surface area contributed by atoms with Gasteiger partial charge < -0.3 is 0 Å². The highest BCUT2D eigenvalue weighted by molar-refractivity contribution is 5.02. The van der Waals surface area contributed by atoms with Crippen molar-refractivity contribution >= 4 is 0 Å². The van der Waals surface area contributed by atoms with Gasteiger partial charge in [-0.25, -0.2) is 4.39 Å². The molecule has 0 bridgehead atoms. The van der Waals surface area contributed by atoms with Crippen LogP contribution in [0.2, 0.25) is 0 Å². The molecular formula is C9H4F8I+. The second-order valence-electron chi connectivity index (χ2n) is 3.10. The van der Waals surface area contributed by atoms with Crippen LogP contribution in [0.5, 0.6) is 0 Å². The van der Waals surface area contributed by atoms with Gasteiger partial charge in [-0.15, -0.1) is 8.78 Å². The minimum atomic E-state index is -6.32. The van der Waals surface area contributed by atoms with E-state index in [1.54, 1.807) is 0 Å². The molecule has 1 aromatic carbocycles. The Morgan fingerprint density at radius 3 is 1.61 bits per heavy atom. The highest BCUT2D eigenvalue weighted by Gasteiger charge is 2.81. The van der Waals surface area contributed by atoms with Crippen LogP contribution in [0.3, 0.4) is 0 Å². The Hall–Kier alpha value is -0.610. The molecular weight excluding hydrogens is 387 g/mol. The van der Waals surface area contributed by atoms with Crippen molar-refractivity contribution in [2.45, 2.75) is 16.0 Å². The quantitative estimate of drug-likeness (QED) is 0.408. The van der Waals surface area contributed by atoms with Crippen molar-refractivity contribution in [2.24, 2.45) is 0 Å². The molecule has 18 heavy (non-hydrogen) atoms. The first-order valence-electron chi connectivity index (χ1n) is 4.21. The van der Waals surface area contributed by atoms with Gasteiger partial charge >= 0.3 is 37.2 Å². The van der Waals surface area contributed by atoms with Crippen molar-refractivity contribution in [2.75, 3.05) is 0 Å². The molecule has 1 rings (SSSR count). The number of hydrogen-bond donors (Lipinski definition) is 0. The number of halogens is 9. The largest absolute Gasteiger partial charge is 0.520 e. The zero-order chi connectivity index (χ0) is 14.2. The molecule has 0 nitrogen and oxygen atoms in total. The summed E-state index contributed by atoms with van der Waals surface area (Å²) in [4.78, 5) is 0. The van der Waals surface area contributed by atoms with Gasteiger partial charge in [-0.05, 0) is 24.3 Å². The van der Waals surface area contributed by atoms with E-state index in [4.69, 9.17) is 0 Å². The maximum atomic E-state index is 13.0. The normalized spacial score (nSPS) is 13.8. The molecule has 1 aromatic rings. The molecule has 0 aliphatic heterocycles. The van der Waals surface area contributed by atoms with Crippen LogP contribution in [-0.4, -0.2) is 16.0 Å². The number of hydrogen-bond acceptors (Lipinski definition) is 0. The average Bonchev–Trinajstić information content (AvgIpc) is 2.19. The van der Waals surface area contributed by atoms with Crippen molar-refractivity contribution in [3.63, 3.8) is 0 Å². The van der Waals surface area contributed by atoms with E-state index in [-0.39, 0.29) is 0 Å². The van der Waals surface area contributed by atoms with E-state index in [0.717, 1.165) is 24.3 Å². The first-order valence-corrected chi connectivity index (χ1v) is 6.37. The van der Waals surface area contributed by atoms with Crippen LogP contribution in [0.25, 0.3) is 0 Å². The molecule has 0 radical (unpaired) electrons. The van der Waals surface area contributed by atoms with Crippen LogP contribution in [0.15, 0.2) is 24.3 Å². The third-order valence-corrected chi connectivity index (χ3v) is 4.44. The first kappa shape index (κ1) is 15.4. The molecule has 0 fully saturated rings. The van der Waals surface area contributed by atoms with E-state index in [1.807, 2.05) is 0 Å². The topological polar surface area (TPSA) is 0 Å². The summed E-state index contributed by atoms with van der Waals surface area (Å²) in [5, 5.41) is 0. The summed E-state index contributed by atoms with van der Waals surface area (Å²) in [5.74, 6) is -6.89. The van der Waals surface area contributed by atoms with Gasteiger partial charge in [0, 0.05) is 0 Å². The fraction of sp³-hybridized carbons (Fsp3) is 0.333. The summed E-state index contributed by atoms with van der Waals surface area (Å²) >= 11 is -2.96. The van der Waals surface area contributed by atoms with E-state index in [1.165, 1.54) is 0 Å². The average molecular weight is 391 g/mol.